The zero-order valence-corrected chi connectivity index (χ0v) is 13.1. The van der Waals surface area contributed by atoms with Gasteiger partial charge in [-0.05, 0) is 25.0 Å². The zero-order chi connectivity index (χ0) is 14.9. The smallest absolute Gasteiger partial charge is 0.104 e. The summed E-state index contributed by atoms with van der Waals surface area (Å²) in [4.78, 5) is 0. The summed E-state index contributed by atoms with van der Waals surface area (Å²) < 4.78 is 14.8. The topological polar surface area (TPSA) is 46.3 Å². The molecule has 1 saturated carbocycles. The molecule has 1 N–H and O–H groups in total. The van der Waals surface area contributed by atoms with Crippen LogP contribution in [0.1, 0.15) is 25.7 Å². The van der Waals surface area contributed by atoms with E-state index >= 15 is 0 Å². The molecule has 0 spiro atoms. The summed E-state index contributed by atoms with van der Waals surface area (Å²) in [6.45, 7) is 1.66. The predicted octanol–water partition coefficient (Wildman–Crippen LogP) is 3.09. The van der Waals surface area contributed by atoms with E-state index in [-0.39, 0.29) is 0 Å². The van der Waals surface area contributed by atoms with Crippen molar-refractivity contribution >= 4 is 5.69 Å². The van der Waals surface area contributed by atoms with E-state index in [4.69, 9.17) is 14.2 Å². The Balaban J connectivity index is 0.000000116. The van der Waals surface area contributed by atoms with Crippen molar-refractivity contribution in [2.45, 2.75) is 44.0 Å². The fourth-order valence-electron chi connectivity index (χ4n) is 2.33. The van der Waals surface area contributed by atoms with Crippen LogP contribution in [0, 0.1) is 0 Å². The molecule has 1 aromatic carbocycles. The molecule has 1 aliphatic carbocycles. The highest BCUT2D eigenvalue weighted by Gasteiger charge is 2.39. The fourth-order valence-corrected chi connectivity index (χ4v) is 2.33. The lowest BCUT2D eigenvalue weighted by Gasteiger charge is -2.00. The van der Waals surface area contributed by atoms with Crippen LogP contribution in [0.15, 0.2) is 30.3 Å². The van der Waals surface area contributed by atoms with Gasteiger partial charge in [-0.2, -0.15) is 0 Å². The minimum absolute atomic E-state index is 0.426. The van der Waals surface area contributed by atoms with Crippen molar-refractivity contribution in [3.8, 4) is 0 Å². The Morgan fingerprint density at radius 2 is 1.76 bits per heavy atom. The predicted molar refractivity (Wildman–Crippen MR) is 84.7 cm³/mol. The first-order valence-corrected chi connectivity index (χ1v) is 7.82. The van der Waals surface area contributed by atoms with Crippen LogP contribution in [0.3, 0.4) is 0 Å². The minimum Gasteiger partial charge on any atom is -0.388 e. The van der Waals surface area contributed by atoms with E-state index in [1.165, 1.54) is 25.7 Å². The first kappa shape index (κ1) is 16.3. The first-order chi connectivity index (χ1) is 10.3. The number of methoxy groups -OCH3 is 1. The summed E-state index contributed by atoms with van der Waals surface area (Å²) in [6, 6.07) is 10.1. The van der Waals surface area contributed by atoms with E-state index in [0.717, 1.165) is 18.9 Å². The molecule has 2 aliphatic heterocycles. The van der Waals surface area contributed by atoms with E-state index in [1.54, 1.807) is 7.11 Å². The van der Waals surface area contributed by atoms with Gasteiger partial charge in [0.05, 0.1) is 25.4 Å². The summed E-state index contributed by atoms with van der Waals surface area (Å²) in [5.74, 6) is 0. The lowest BCUT2D eigenvalue weighted by molar-refractivity contribution is 0.171. The Morgan fingerprint density at radius 1 is 1.14 bits per heavy atom. The second-order valence-corrected chi connectivity index (χ2v) is 5.52. The number of nitrogens with one attached hydrogen (secondary N) is 1. The molecular formula is C17H27NO3. The van der Waals surface area contributed by atoms with Gasteiger partial charge in [-0.1, -0.05) is 31.0 Å². The first-order valence-electron chi connectivity index (χ1n) is 7.82. The normalized spacial score (nSPS) is 28.0. The molecule has 0 amide bonds. The Bertz CT molecular complexity index is 371. The summed E-state index contributed by atoms with van der Waals surface area (Å²) in [6.07, 6.45) is 7.31. The van der Waals surface area contributed by atoms with Crippen LogP contribution in [0.25, 0.3) is 0 Å². The average molecular weight is 293 g/mol. The maximum atomic E-state index is 5.28. The van der Waals surface area contributed by atoms with Crippen molar-refractivity contribution in [2.24, 2.45) is 0 Å². The third-order valence-corrected chi connectivity index (χ3v) is 3.73. The summed E-state index contributed by atoms with van der Waals surface area (Å²) in [5, 5.41) is 3.03. The molecule has 21 heavy (non-hydrogen) atoms. The van der Waals surface area contributed by atoms with Crippen molar-refractivity contribution in [1.82, 2.24) is 0 Å². The Hall–Kier alpha value is -1.10. The van der Waals surface area contributed by atoms with Crippen LogP contribution in [0.4, 0.5) is 5.69 Å². The molecule has 118 valence electrons. The van der Waals surface area contributed by atoms with Gasteiger partial charge in [0, 0.05) is 19.8 Å². The molecule has 0 aromatic heterocycles. The molecule has 0 bridgehead atoms. The van der Waals surface area contributed by atoms with Gasteiger partial charge in [0.2, 0.25) is 0 Å². The van der Waals surface area contributed by atoms with E-state index in [2.05, 4.69) is 5.32 Å². The summed E-state index contributed by atoms with van der Waals surface area (Å²) in [7, 11) is 3.59. The van der Waals surface area contributed by atoms with Crippen LogP contribution in [-0.2, 0) is 14.2 Å². The lowest BCUT2D eigenvalue weighted by Crippen LogP contribution is -2.00. The second kappa shape index (κ2) is 9.03. The van der Waals surface area contributed by atoms with Gasteiger partial charge in [0.15, 0.2) is 0 Å². The molecule has 4 heteroatoms. The largest absolute Gasteiger partial charge is 0.388 e. The molecule has 1 aromatic rings. The summed E-state index contributed by atoms with van der Waals surface area (Å²) >= 11 is 0. The lowest BCUT2D eigenvalue weighted by atomic mass is 10.0. The van der Waals surface area contributed by atoms with Crippen molar-refractivity contribution in [3.63, 3.8) is 0 Å². The molecular weight excluding hydrogens is 266 g/mol. The molecule has 3 atom stereocenters. The fraction of sp³-hybridized carbons (Fsp3) is 0.647. The summed E-state index contributed by atoms with van der Waals surface area (Å²) in [5.41, 5.74) is 1.16. The SMILES string of the molecule is C1CCC2OC2C1.CNc1ccccc1.COCC1CO1. The molecule has 4 nitrogen and oxygen atoms in total. The molecule has 2 saturated heterocycles. The number of anilines is 1. The van der Waals surface area contributed by atoms with Crippen molar-refractivity contribution in [2.75, 3.05) is 32.7 Å². The third kappa shape index (κ3) is 6.93. The third-order valence-electron chi connectivity index (χ3n) is 3.73. The van der Waals surface area contributed by atoms with Gasteiger partial charge in [0.25, 0.3) is 0 Å². The maximum absolute atomic E-state index is 5.28. The minimum atomic E-state index is 0.426. The zero-order valence-electron chi connectivity index (χ0n) is 13.1. The standard InChI is InChI=1S/C7H9N.C6H10O.C4H8O2/c1-8-7-5-3-2-4-6-7;1-2-4-6-5(3-1)7-6;1-5-2-4-3-6-4/h2-6,8H,1H3;5-6H,1-4H2;4H,2-3H2,1H3. The van der Waals surface area contributed by atoms with Crippen LogP contribution in [0.5, 0.6) is 0 Å². The average Bonchev–Trinajstić information content (AvgIpc) is 3.44. The number of epoxide rings is 2. The van der Waals surface area contributed by atoms with E-state index in [0.29, 0.717) is 18.3 Å². The highest BCUT2D eigenvalue weighted by molar-refractivity contribution is 5.41. The number of rotatable bonds is 3. The van der Waals surface area contributed by atoms with E-state index in [9.17, 15) is 0 Å². The number of ether oxygens (including phenoxy) is 3. The number of benzene rings is 1. The highest BCUT2D eigenvalue weighted by Crippen LogP contribution is 2.35. The molecule has 4 rings (SSSR count). The van der Waals surface area contributed by atoms with Gasteiger partial charge < -0.3 is 19.5 Å². The maximum Gasteiger partial charge on any atom is 0.104 e. The van der Waals surface area contributed by atoms with Gasteiger partial charge in [-0.15, -0.1) is 0 Å². The number of para-hydroxylation sites is 1. The molecule has 3 fully saturated rings. The molecule has 2 heterocycles. The van der Waals surface area contributed by atoms with Crippen LogP contribution in [-0.4, -0.2) is 45.7 Å². The van der Waals surface area contributed by atoms with Crippen molar-refractivity contribution < 1.29 is 14.2 Å². The van der Waals surface area contributed by atoms with Crippen LogP contribution < -0.4 is 5.32 Å². The van der Waals surface area contributed by atoms with E-state index in [1.807, 2.05) is 37.4 Å². The van der Waals surface area contributed by atoms with Crippen LogP contribution in [0.2, 0.25) is 0 Å². The van der Waals surface area contributed by atoms with Gasteiger partial charge >= 0.3 is 0 Å². The number of hydrogen-bond acceptors (Lipinski definition) is 4. The van der Waals surface area contributed by atoms with Gasteiger partial charge in [0.1, 0.15) is 6.10 Å². The number of hydrogen-bond donors (Lipinski definition) is 1. The second-order valence-electron chi connectivity index (χ2n) is 5.52. The molecule has 3 aliphatic rings. The van der Waals surface area contributed by atoms with Crippen molar-refractivity contribution in [3.05, 3.63) is 30.3 Å². The van der Waals surface area contributed by atoms with Gasteiger partial charge in [-0.25, -0.2) is 0 Å². The van der Waals surface area contributed by atoms with E-state index < -0.39 is 0 Å². The van der Waals surface area contributed by atoms with Crippen molar-refractivity contribution in [1.29, 1.82) is 0 Å². The Morgan fingerprint density at radius 3 is 2.10 bits per heavy atom. The monoisotopic (exact) mass is 293 g/mol. The Kier molecular flexibility index (Phi) is 7.00. The number of fused-ring (bicyclic) bond motifs is 1. The Labute approximate surface area is 127 Å². The molecule has 3 unspecified atom stereocenters. The quantitative estimate of drug-likeness (QED) is 0.870. The molecule has 0 radical (unpaired) electrons. The highest BCUT2D eigenvalue weighted by atomic mass is 16.6. The van der Waals surface area contributed by atoms with Crippen LogP contribution >= 0.6 is 0 Å². The van der Waals surface area contributed by atoms with Gasteiger partial charge in [-0.3, -0.25) is 0 Å².